The van der Waals surface area contributed by atoms with E-state index in [-0.39, 0.29) is 17.1 Å². The molecule has 1 heterocycles. The van der Waals surface area contributed by atoms with Gasteiger partial charge in [0.25, 0.3) is 6.20 Å². The van der Waals surface area contributed by atoms with Crippen molar-refractivity contribution in [1.29, 1.82) is 0 Å². The number of nitro groups is 1. The SMILES string of the molecule is CO[n+]1ccc([N+](=O)[O-])c(Nc2ccc(C(F)(F)F)cc2)c1. The molecule has 0 saturated heterocycles. The van der Waals surface area contributed by atoms with E-state index in [2.05, 4.69) is 5.32 Å². The van der Waals surface area contributed by atoms with Gasteiger partial charge in [-0.15, -0.1) is 0 Å². The number of nitrogens with one attached hydrogen (secondary N) is 1. The molecule has 0 unspecified atom stereocenters. The first-order chi connectivity index (χ1) is 10.3. The van der Waals surface area contributed by atoms with Gasteiger partial charge in [0.1, 0.15) is 7.11 Å². The largest absolute Gasteiger partial charge is 0.416 e. The van der Waals surface area contributed by atoms with Gasteiger partial charge in [-0.05, 0) is 24.3 Å². The lowest BCUT2D eigenvalue weighted by Crippen LogP contribution is -2.39. The normalized spacial score (nSPS) is 11.1. The third-order valence-electron chi connectivity index (χ3n) is 2.81. The molecule has 116 valence electrons. The van der Waals surface area contributed by atoms with E-state index in [0.29, 0.717) is 0 Å². The van der Waals surface area contributed by atoms with Crippen LogP contribution in [0.4, 0.5) is 30.2 Å². The highest BCUT2D eigenvalue weighted by Crippen LogP contribution is 2.31. The fourth-order valence-electron chi connectivity index (χ4n) is 1.74. The molecule has 0 aliphatic heterocycles. The Morgan fingerprint density at radius 2 is 1.86 bits per heavy atom. The fraction of sp³-hybridized carbons (Fsp3) is 0.154. The van der Waals surface area contributed by atoms with Crippen molar-refractivity contribution in [2.24, 2.45) is 0 Å². The Hall–Kier alpha value is -2.84. The van der Waals surface area contributed by atoms with Crippen LogP contribution in [0.15, 0.2) is 42.7 Å². The maximum Gasteiger partial charge on any atom is 0.416 e. The Balaban J connectivity index is 2.32. The van der Waals surface area contributed by atoms with Gasteiger partial charge in [-0.1, -0.05) is 0 Å². The van der Waals surface area contributed by atoms with Crippen LogP contribution >= 0.6 is 0 Å². The van der Waals surface area contributed by atoms with E-state index in [1.54, 1.807) is 0 Å². The number of alkyl halides is 3. The molecule has 0 aliphatic rings. The highest BCUT2D eigenvalue weighted by atomic mass is 19.4. The monoisotopic (exact) mass is 314 g/mol. The molecule has 0 amide bonds. The summed E-state index contributed by atoms with van der Waals surface area (Å²) < 4.78 is 38.7. The third-order valence-corrected chi connectivity index (χ3v) is 2.81. The number of halogens is 3. The molecule has 0 spiro atoms. The fourth-order valence-corrected chi connectivity index (χ4v) is 1.74. The van der Waals surface area contributed by atoms with Crippen molar-refractivity contribution in [1.82, 2.24) is 0 Å². The van der Waals surface area contributed by atoms with Crippen molar-refractivity contribution < 1.29 is 27.7 Å². The van der Waals surface area contributed by atoms with Crippen molar-refractivity contribution in [3.05, 3.63) is 58.4 Å². The van der Waals surface area contributed by atoms with Gasteiger partial charge in [0.15, 0.2) is 5.69 Å². The Morgan fingerprint density at radius 3 is 2.36 bits per heavy atom. The molecule has 2 aromatic rings. The minimum Gasteiger partial charge on any atom is -0.345 e. The summed E-state index contributed by atoms with van der Waals surface area (Å²) in [7, 11) is 1.37. The van der Waals surface area contributed by atoms with Crippen molar-refractivity contribution in [3.8, 4) is 0 Å². The average molecular weight is 314 g/mol. The number of aromatic nitrogens is 1. The molecule has 0 fully saturated rings. The number of nitrogens with zero attached hydrogens (tertiary/aromatic N) is 2. The second kappa shape index (κ2) is 5.88. The summed E-state index contributed by atoms with van der Waals surface area (Å²) >= 11 is 0. The number of benzene rings is 1. The van der Waals surface area contributed by atoms with Crippen LogP contribution in [-0.2, 0) is 6.18 Å². The zero-order valence-corrected chi connectivity index (χ0v) is 11.3. The van der Waals surface area contributed by atoms with E-state index in [1.807, 2.05) is 0 Å². The predicted molar refractivity (Wildman–Crippen MR) is 70.5 cm³/mol. The molecule has 9 heteroatoms. The maximum atomic E-state index is 12.5. The molecule has 1 aromatic carbocycles. The summed E-state index contributed by atoms with van der Waals surface area (Å²) in [6, 6.07) is 5.38. The average Bonchev–Trinajstić information content (AvgIpc) is 2.46. The van der Waals surface area contributed by atoms with E-state index < -0.39 is 16.7 Å². The quantitative estimate of drug-likeness (QED) is 0.535. The number of hydrogen-bond acceptors (Lipinski definition) is 4. The smallest absolute Gasteiger partial charge is 0.345 e. The molecule has 6 nitrogen and oxygen atoms in total. The zero-order valence-electron chi connectivity index (χ0n) is 11.3. The molecule has 2 rings (SSSR count). The van der Waals surface area contributed by atoms with E-state index >= 15 is 0 Å². The van der Waals surface area contributed by atoms with Gasteiger partial charge in [-0.2, -0.15) is 13.2 Å². The van der Waals surface area contributed by atoms with Gasteiger partial charge in [0.05, 0.1) is 16.6 Å². The second-order valence-electron chi connectivity index (χ2n) is 4.24. The van der Waals surface area contributed by atoms with E-state index in [0.717, 1.165) is 12.1 Å². The maximum absolute atomic E-state index is 12.5. The van der Waals surface area contributed by atoms with Gasteiger partial charge in [0.2, 0.25) is 6.20 Å². The highest BCUT2D eigenvalue weighted by molar-refractivity contribution is 5.67. The first-order valence-corrected chi connectivity index (χ1v) is 5.99. The van der Waals surface area contributed by atoms with Crippen molar-refractivity contribution in [2.75, 3.05) is 12.4 Å². The number of pyridine rings is 1. The van der Waals surface area contributed by atoms with E-state index in [1.165, 1.54) is 42.4 Å². The standard InChI is InChI=1S/C13H11F3N3O3/c1-22-18-7-6-12(19(20)21)11(8-18)17-10-4-2-9(3-5-10)13(14,15)16/h2-8,17H,1H3/q+1. The highest BCUT2D eigenvalue weighted by Gasteiger charge is 2.30. The molecule has 0 atom stereocenters. The van der Waals surface area contributed by atoms with Crippen LogP contribution in [0.1, 0.15) is 5.56 Å². The first-order valence-electron chi connectivity index (χ1n) is 5.99. The van der Waals surface area contributed by atoms with Gasteiger partial charge in [-0.3, -0.25) is 15.0 Å². The molecule has 0 saturated carbocycles. The van der Waals surface area contributed by atoms with Crippen LogP contribution in [0.25, 0.3) is 0 Å². The van der Waals surface area contributed by atoms with E-state index in [9.17, 15) is 23.3 Å². The zero-order chi connectivity index (χ0) is 16.3. The van der Waals surface area contributed by atoms with Crippen molar-refractivity contribution in [2.45, 2.75) is 6.18 Å². The molecule has 1 aromatic heterocycles. The second-order valence-corrected chi connectivity index (χ2v) is 4.24. The van der Waals surface area contributed by atoms with Crippen LogP contribution in [0.2, 0.25) is 0 Å². The molecular weight excluding hydrogens is 303 g/mol. The molecular formula is C13H11F3N3O3+. The van der Waals surface area contributed by atoms with E-state index in [4.69, 9.17) is 4.84 Å². The Bertz CT molecular complexity index is 687. The minimum absolute atomic E-state index is 0.0918. The molecule has 0 radical (unpaired) electrons. The summed E-state index contributed by atoms with van der Waals surface area (Å²) in [6.07, 6.45) is -1.78. The lowest BCUT2D eigenvalue weighted by Gasteiger charge is -2.09. The minimum atomic E-state index is -4.43. The van der Waals surface area contributed by atoms with Crippen LogP contribution < -0.4 is 14.9 Å². The molecule has 0 aliphatic carbocycles. The lowest BCUT2D eigenvalue weighted by molar-refractivity contribution is -0.885. The molecule has 1 N–H and O–H groups in total. The van der Waals surface area contributed by atoms with Crippen LogP contribution in [0, 0.1) is 10.1 Å². The molecule has 22 heavy (non-hydrogen) atoms. The van der Waals surface area contributed by atoms with Gasteiger partial charge in [0, 0.05) is 10.4 Å². The number of anilines is 2. The van der Waals surface area contributed by atoms with Crippen LogP contribution in [0.3, 0.4) is 0 Å². The summed E-state index contributed by atoms with van der Waals surface area (Å²) in [6.45, 7) is 0. The summed E-state index contributed by atoms with van der Waals surface area (Å²) in [4.78, 5) is 15.3. The van der Waals surface area contributed by atoms with Gasteiger partial charge < -0.3 is 5.32 Å². The van der Waals surface area contributed by atoms with Crippen LogP contribution in [-0.4, -0.2) is 12.0 Å². The Labute approximate surface area is 122 Å². The van der Waals surface area contributed by atoms with Crippen LogP contribution in [0.5, 0.6) is 0 Å². The third kappa shape index (κ3) is 3.43. The van der Waals surface area contributed by atoms with Gasteiger partial charge >= 0.3 is 11.9 Å². The summed E-state index contributed by atoms with van der Waals surface area (Å²) in [5, 5.41) is 13.7. The summed E-state index contributed by atoms with van der Waals surface area (Å²) in [5.74, 6) is 0. The number of hydrogen-bond donors (Lipinski definition) is 1. The van der Waals surface area contributed by atoms with Crippen molar-refractivity contribution in [3.63, 3.8) is 0 Å². The molecule has 0 bridgehead atoms. The topological polar surface area (TPSA) is 68.3 Å². The number of rotatable bonds is 4. The Morgan fingerprint density at radius 1 is 1.23 bits per heavy atom. The predicted octanol–water partition coefficient (Wildman–Crippen LogP) is 2.70. The van der Waals surface area contributed by atoms with Gasteiger partial charge in [-0.25, -0.2) is 0 Å². The lowest BCUT2D eigenvalue weighted by atomic mass is 10.2. The summed E-state index contributed by atoms with van der Waals surface area (Å²) in [5.41, 5.74) is -0.653. The van der Waals surface area contributed by atoms with Crippen molar-refractivity contribution >= 4 is 17.1 Å². The first kappa shape index (κ1) is 15.5. The Kier molecular flexibility index (Phi) is 4.15.